The van der Waals surface area contributed by atoms with Gasteiger partial charge in [-0.25, -0.2) is 0 Å². The third-order valence-corrected chi connectivity index (χ3v) is 3.67. The number of benzene rings is 1. The lowest BCUT2D eigenvalue weighted by molar-refractivity contribution is 0.418. The van der Waals surface area contributed by atoms with Gasteiger partial charge in [0, 0.05) is 24.0 Å². The highest BCUT2D eigenvalue weighted by molar-refractivity contribution is 5.81. The van der Waals surface area contributed by atoms with E-state index in [0.29, 0.717) is 0 Å². The zero-order valence-electron chi connectivity index (χ0n) is 14.1. The number of hydrogen-bond donors (Lipinski definition) is 1. The van der Waals surface area contributed by atoms with Gasteiger partial charge < -0.3 is 5.32 Å². The van der Waals surface area contributed by atoms with Crippen molar-refractivity contribution < 1.29 is 0 Å². The maximum absolute atomic E-state index is 4.84. The van der Waals surface area contributed by atoms with Gasteiger partial charge in [-0.2, -0.15) is 5.10 Å². The average Bonchev–Trinajstić information content (AvgIpc) is 2.74. The molecule has 0 aliphatic heterocycles. The van der Waals surface area contributed by atoms with E-state index in [1.807, 2.05) is 0 Å². The van der Waals surface area contributed by atoms with Gasteiger partial charge in [0.2, 0.25) is 0 Å². The van der Waals surface area contributed by atoms with Crippen LogP contribution in [0.4, 0.5) is 0 Å². The number of nitrogens with zero attached hydrogens (tertiary/aromatic N) is 2. The van der Waals surface area contributed by atoms with Crippen LogP contribution in [0.5, 0.6) is 0 Å². The minimum Gasteiger partial charge on any atom is -0.306 e. The van der Waals surface area contributed by atoms with Crippen molar-refractivity contribution in [2.45, 2.75) is 66.1 Å². The quantitative estimate of drug-likeness (QED) is 0.855. The molecule has 0 atom stereocenters. The Balaban J connectivity index is 2.18. The van der Waals surface area contributed by atoms with Gasteiger partial charge in [-0.05, 0) is 45.6 Å². The molecule has 0 saturated heterocycles. The Morgan fingerprint density at radius 2 is 1.90 bits per heavy atom. The van der Waals surface area contributed by atoms with Crippen molar-refractivity contribution in [3.63, 3.8) is 0 Å². The van der Waals surface area contributed by atoms with Crippen LogP contribution in [-0.4, -0.2) is 15.3 Å². The maximum atomic E-state index is 4.84. The van der Waals surface area contributed by atoms with E-state index in [1.54, 1.807) is 0 Å². The molecule has 0 saturated carbocycles. The SMILES string of the molecule is CC(C)CCCn1nc(CNC(C)(C)C)c2ccccc21. The van der Waals surface area contributed by atoms with Crippen LogP contribution in [-0.2, 0) is 13.1 Å². The number of rotatable bonds is 6. The summed E-state index contributed by atoms with van der Waals surface area (Å²) < 4.78 is 2.18. The van der Waals surface area contributed by atoms with Crippen molar-refractivity contribution in [3.05, 3.63) is 30.0 Å². The maximum Gasteiger partial charge on any atom is 0.0841 e. The molecular formula is C18H29N3. The first kappa shape index (κ1) is 16.0. The fraction of sp³-hybridized carbons (Fsp3) is 0.611. The van der Waals surface area contributed by atoms with E-state index in [9.17, 15) is 0 Å². The van der Waals surface area contributed by atoms with Crippen LogP contribution in [0.1, 0.15) is 53.2 Å². The van der Waals surface area contributed by atoms with E-state index in [0.717, 1.165) is 24.7 Å². The van der Waals surface area contributed by atoms with Crippen LogP contribution in [0.2, 0.25) is 0 Å². The van der Waals surface area contributed by atoms with Gasteiger partial charge in [0.05, 0.1) is 11.2 Å². The second kappa shape index (κ2) is 6.61. The monoisotopic (exact) mass is 287 g/mol. The van der Waals surface area contributed by atoms with Crippen molar-refractivity contribution in [1.29, 1.82) is 0 Å². The van der Waals surface area contributed by atoms with Crippen molar-refractivity contribution >= 4 is 10.9 Å². The molecular weight excluding hydrogens is 258 g/mol. The summed E-state index contributed by atoms with van der Waals surface area (Å²) in [5, 5.41) is 9.66. The van der Waals surface area contributed by atoms with Gasteiger partial charge in [-0.1, -0.05) is 32.0 Å². The number of hydrogen-bond acceptors (Lipinski definition) is 2. The van der Waals surface area contributed by atoms with Crippen LogP contribution < -0.4 is 5.32 Å². The average molecular weight is 287 g/mol. The third kappa shape index (κ3) is 4.57. The number of aryl methyl sites for hydroxylation is 1. The van der Waals surface area contributed by atoms with E-state index in [-0.39, 0.29) is 5.54 Å². The van der Waals surface area contributed by atoms with Crippen molar-refractivity contribution in [1.82, 2.24) is 15.1 Å². The van der Waals surface area contributed by atoms with Gasteiger partial charge in [-0.3, -0.25) is 4.68 Å². The van der Waals surface area contributed by atoms with Gasteiger partial charge in [0.25, 0.3) is 0 Å². The molecule has 1 aromatic heterocycles. The lowest BCUT2D eigenvalue weighted by Crippen LogP contribution is -2.35. The third-order valence-electron chi connectivity index (χ3n) is 3.67. The fourth-order valence-electron chi connectivity index (χ4n) is 2.50. The summed E-state index contributed by atoms with van der Waals surface area (Å²) in [6.07, 6.45) is 2.44. The highest BCUT2D eigenvalue weighted by atomic mass is 15.3. The summed E-state index contributed by atoms with van der Waals surface area (Å²) in [6.45, 7) is 13.0. The molecule has 0 aliphatic rings. The van der Waals surface area contributed by atoms with Crippen molar-refractivity contribution in [2.75, 3.05) is 0 Å². The van der Waals surface area contributed by atoms with Crippen LogP contribution in [0.25, 0.3) is 10.9 Å². The summed E-state index contributed by atoms with van der Waals surface area (Å²) in [7, 11) is 0. The molecule has 0 aliphatic carbocycles. The van der Waals surface area contributed by atoms with Gasteiger partial charge in [-0.15, -0.1) is 0 Å². The molecule has 0 fully saturated rings. The minimum absolute atomic E-state index is 0.114. The van der Waals surface area contributed by atoms with E-state index < -0.39 is 0 Å². The molecule has 1 aromatic carbocycles. The smallest absolute Gasteiger partial charge is 0.0841 e. The Hall–Kier alpha value is -1.35. The van der Waals surface area contributed by atoms with Crippen molar-refractivity contribution in [2.24, 2.45) is 5.92 Å². The normalized spacial score (nSPS) is 12.5. The summed E-state index contributed by atoms with van der Waals surface area (Å²) in [5.41, 5.74) is 2.53. The molecule has 116 valence electrons. The molecule has 0 spiro atoms. The lowest BCUT2D eigenvalue weighted by Gasteiger charge is -2.19. The lowest BCUT2D eigenvalue weighted by atomic mass is 10.1. The minimum atomic E-state index is 0.114. The van der Waals surface area contributed by atoms with Crippen LogP contribution in [0.15, 0.2) is 24.3 Å². The molecule has 0 bridgehead atoms. The predicted molar refractivity (Wildman–Crippen MR) is 90.4 cm³/mol. The Bertz CT molecular complexity index is 576. The van der Waals surface area contributed by atoms with Crippen LogP contribution >= 0.6 is 0 Å². The summed E-state index contributed by atoms with van der Waals surface area (Å²) in [6, 6.07) is 8.56. The number of nitrogens with one attached hydrogen (secondary N) is 1. The van der Waals surface area contributed by atoms with Gasteiger partial charge in [0.15, 0.2) is 0 Å². The summed E-state index contributed by atoms with van der Waals surface area (Å²) in [5.74, 6) is 0.758. The highest BCUT2D eigenvalue weighted by Crippen LogP contribution is 2.20. The molecule has 2 rings (SSSR count). The zero-order valence-corrected chi connectivity index (χ0v) is 14.1. The van der Waals surface area contributed by atoms with E-state index in [4.69, 9.17) is 5.10 Å². The number of aromatic nitrogens is 2. The first-order valence-electron chi connectivity index (χ1n) is 8.06. The molecule has 0 radical (unpaired) electrons. The van der Waals surface area contributed by atoms with Gasteiger partial charge >= 0.3 is 0 Å². The topological polar surface area (TPSA) is 29.9 Å². The standard InChI is InChI=1S/C18H29N3/c1-14(2)9-8-12-21-17-11-7-6-10-15(17)16(20-21)13-19-18(3,4)5/h6-7,10-11,14,19H,8-9,12-13H2,1-5H3. The highest BCUT2D eigenvalue weighted by Gasteiger charge is 2.13. The number of fused-ring (bicyclic) bond motifs is 1. The second-order valence-corrected chi connectivity index (χ2v) is 7.33. The van der Waals surface area contributed by atoms with Crippen molar-refractivity contribution in [3.8, 4) is 0 Å². The largest absolute Gasteiger partial charge is 0.306 e. The molecule has 1 N–H and O–H groups in total. The summed E-state index contributed by atoms with van der Waals surface area (Å²) in [4.78, 5) is 0. The van der Waals surface area contributed by atoms with Gasteiger partial charge in [0.1, 0.15) is 0 Å². The summed E-state index contributed by atoms with van der Waals surface area (Å²) >= 11 is 0. The zero-order chi connectivity index (χ0) is 15.5. The first-order valence-corrected chi connectivity index (χ1v) is 8.06. The number of para-hydroxylation sites is 1. The van der Waals surface area contributed by atoms with Crippen LogP contribution in [0.3, 0.4) is 0 Å². The molecule has 2 aromatic rings. The second-order valence-electron chi connectivity index (χ2n) is 7.33. The molecule has 1 heterocycles. The van der Waals surface area contributed by atoms with Crippen LogP contribution in [0, 0.1) is 5.92 Å². The molecule has 3 heteroatoms. The molecule has 3 nitrogen and oxygen atoms in total. The van der Waals surface area contributed by atoms with E-state index in [2.05, 4.69) is 68.9 Å². The Morgan fingerprint density at radius 3 is 2.57 bits per heavy atom. The Morgan fingerprint density at radius 1 is 1.19 bits per heavy atom. The first-order chi connectivity index (χ1) is 9.87. The fourth-order valence-corrected chi connectivity index (χ4v) is 2.50. The van der Waals surface area contributed by atoms with E-state index in [1.165, 1.54) is 23.7 Å². The molecule has 0 amide bonds. The molecule has 0 unspecified atom stereocenters. The molecule has 21 heavy (non-hydrogen) atoms. The Kier molecular flexibility index (Phi) is 5.04. The van der Waals surface area contributed by atoms with E-state index >= 15 is 0 Å². The Labute approximate surface area is 128 Å². The predicted octanol–water partition coefficient (Wildman–Crippen LogP) is 4.36.